The molecule has 0 unspecified atom stereocenters. The van der Waals surface area contributed by atoms with E-state index in [1.807, 2.05) is 42.3 Å². The highest BCUT2D eigenvalue weighted by Gasteiger charge is 2.33. The SMILES string of the molecule is Cc1csc([C@H]2CCCN2C(=O)c2cc(-c3nnc([C@@H](C)Cc4ccccc4)o3)nc(-n3ccnn3)c2)n1. The first-order valence-electron chi connectivity index (χ1n) is 12.5. The first-order chi connectivity index (χ1) is 18.5. The molecular weight excluding hydrogens is 500 g/mol. The standard InChI is InChI=1S/C27H26N8O2S/c1-17(13-19-7-4-3-5-8-19)24-31-32-25(37-24)21-14-20(15-23(30-21)35-12-10-28-33-35)27(36)34-11-6-9-22(34)26-29-18(2)16-38-26/h3-5,7-8,10,12,14-17,22H,6,9,11,13H2,1-2H3/t17-,22+/m0/s1. The van der Waals surface area contributed by atoms with Crippen molar-refractivity contribution in [3.8, 4) is 17.4 Å². The second kappa shape index (κ2) is 10.3. The van der Waals surface area contributed by atoms with Crippen molar-refractivity contribution in [3.63, 3.8) is 0 Å². The smallest absolute Gasteiger partial charge is 0.266 e. The molecule has 6 rings (SSSR count). The normalized spacial score (nSPS) is 16.2. The number of carbonyl (C=O) groups excluding carboxylic acids is 1. The van der Waals surface area contributed by atoms with Gasteiger partial charge in [0.1, 0.15) is 10.7 Å². The minimum Gasteiger partial charge on any atom is -0.419 e. The van der Waals surface area contributed by atoms with Crippen LogP contribution in [-0.2, 0) is 6.42 Å². The van der Waals surface area contributed by atoms with Crippen LogP contribution in [0.3, 0.4) is 0 Å². The van der Waals surface area contributed by atoms with E-state index in [-0.39, 0.29) is 23.8 Å². The zero-order chi connectivity index (χ0) is 26.1. The zero-order valence-corrected chi connectivity index (χ0v) is 21.9. The fraction of sp³-hybridized carbons (Fsp3) is 0.296. The van der Waals surface area contributed by atoms with Crippen LogP contribution >= 0.6 is 11.3 Å². The van der Waals surface area contributed by atoms with E-state index >= 15 is 0 Å². The van der Waals surface area contributed by atoms with Crippen LogP contribution in [0.15, 0.2) is 64.7 Å². The molecule has 4 aromatic heterocycles. The lowest BCUT2D eigenvalue weighted by atomic mass is 10.0. The lowest BCUT2D eigenvalue weighted by molar-refractivity contribution is 0.0735. The van der Waals surface area contributed by atoms with Crippen molar-refractivity contribution in [3.05, 3.63) is 88.0 Å². The number of carbonyl (C=O) groups is 1. The third-order valence-electron chi connectivity index (χ3n) is 6.62. The van der Waals surface area contributed by atoms with Gasteiger partial charge in [-0.15, -0.1) is 26.6 Å². The summed E-state index contributed by atoms with van der Waals surface area (Å²) in [6, 6.07) is 13.6. The number of hydrogen-bond donors (Lipinski definition) is 0. The van der Waals surface area contributed by atoms with Gasteiger partial charge >= 0.3 is 0 Å². The molecule has 1 aliphatic rings. The third-order valence-corrected chi connectivity index (χ3v) is 7.68. The van der Waals surface area contributed by atoms with Crippen molar-refractivity contribution < 1.29 is 9.21 Å². The van der Waals surface area contributed by atoms with Crippen molar-refractivity contribution in [2.75, 3.05) is 6.54 Å². The number of aryl methyl sites for hydroxylation is 1. The topological polar surface area (TPSA) is 116 Å². The lowest BCUT2D eigenvalue weighted by Crippen LogP contribution is -2.30. The summed E-state index contributed by atoms with van der Waals surface area (Å²) < 4.78 is 7.58. The van der Waals surface area contributed by atoms with E-state index in [2.05, 4.69) is 42.6 Å². The fourth-order valence-corrected chi connectivity index (χ4v) is 5.69. The van der Waals surface area contributed by atoms with Gasteiger partial charge in [-0.2, -0.15) is 0 Å². The Hall–Kier alpha value is -4.25. The van der Waals surface area contributed by atoms with Gasteiger partial charge in [0.2, 0.25) is 5.89 Å². The Morgan fingerprint density at radius 3 is 2.82 bits per heavy atom. The molecule has 38 heavy (non-hydrogen) atoms. The molecule has 1 saturated heterocycles. The van der Waals surface area contributed by atoms with Crippen molar-refractivity contribution in [2.24, 2.45) is 0 Å². The number of amides is 1. The van der Waals surface area contributed by atoms with E-state index in [0.717, 1.165) is 30.0 Å². The molecule has 1 aliphatic heterocycles. The van der Waals surface area contributed by atoms with E-state index in [1.165, 1.54) is 10.2 Å². The number of thiazole rings is 1. The highest BCUT2D eigenvalue weighted by atomic mass is 32.1. The number of pyridine rings is 1. The van der Waals surface area contributed by atoms with Gasteiger partial charge < -0.3 is 9.32 Å². The van der Waals surface area contributed by atoms with Gasteiger partial charge in [-0.3, -0.25) is 4.79 Å². The Morgan fingerprint density at radius 1 is 1.18 bits per heavy atom. The molecule has 0 radical (unpaired) electrons. The van der Waals surface area contributed by atoms with Crippen LogP contribution in [0.1, 0.15) is 64.2 Å². The lowest BCUT2D eigenvalue weighted by Gasteiger charge is -2.23. The number of nitrogens with zero attached hydrogens (tertiary/aromatic N) is 8. The van der Waals surface area contributed by atoms with Crippen LogP contribution in [0.25, 0.3) is 17.4 Å². The molecule has 192 valence electrons. The average Bonchev–Trinajstić information content (AvgIpc) is 3.75. The van der Waals surface area contributed by atoms with Gasteiger partial charge in [0, 0.05) is 29.1 Å². The van der Waals surface area contributed by atoms with Crippen molar-refractivity contribution >= 4 is 17.2 Å². The van der Waals surface area contributed by atoms with E-state index in [4.69, 9.17) is 4.42 Å². The minimum absolute atomic E-state index is 0.0189. The molecule has 1 amide bonds. The summed E-state index contributed by atoms with van der Waals surface area (Å²) in [6.45, 7) is 4.69. The molecule has 0 N–H and O–H groups in total. The molecule has 0 saturated carbocycles. The van der Waals surface area contributed by atoms with Gasteiger partial charge in [-0.1, -0.05) is 42.5 Å². The number of hydrogen-bond acceptors (Lipinski definition) is 9. The molecule has 5 aromatic rings. The first-order valence-corrected chi connectivity index (χ1v) is 13.4. The third kappa shape index (κ3) is 4.84. The second-order valence-corrected chi connectivity index (χ2v) is 10.4. The monoisotopic (exact) mass is 526 g/mol. The van der Waals surface area contributed by atoms with Crippen LogP contribution in [0.5, 0.6) is 0 Å². The predicted octanol–water partition coefficient (Wildman–Crippen LogP) is 4.80. The minimum atomic E-state index is -0.0949. The molecule has 2 atom stereocenters. The largest absolute Gasteiger partial charge is 0.419 e. The Morgan fingerprint density at radius 2 is 2.05 bits per heavy atom. The van der Waals surface area contributed by atoms with Crippen LogP contribution < -0.4 is 0 Å². The molecule has 1 fully saturated rings. The Balaban J connectivity index is 1.33. The van der Waals surface area contributed by atoms with Gasteiger partial charge in [0.25, 0.3) is 11.8 Å². The quantitative estimate of drug-likeness (QED) is 0.297. The second-order valence-electron chi connectivity index (χ2n) is 9.47. The summed E-state index contributed by atoms with van der Waals surface area (Å²) in [6.07, 6.45) is 5.82. The summed E-state index contributed by atoms with van der Waals surface area (Å²) in [5.74, 6) is 1.14. The summed E-state index contributed by atoms with van der Waals surface area (Å²) in [5.41, 5.74) is 3.04. The van der Waals surface area contributed by atoms with E-state index in [0.29, 0.717) is 29.5 Å². The molecule has 0 aliphatic carbocycles. The highest BCUT2D eigenvalue weighted by molar-refractivity contribution is 7.09. The maximum atomic E-state index is 13.8. The van der Waals surface area contributed by atoms with Crippen molar-refractivity contribution in [1.29, 1.82) is 0 Å². The summed E-state index contributed by atoms with van der Waals surface area (Å²) in [4.78, 5) is 25.0. The van der Waals surface area contributed by atoms with Crippen LogP contribution in [-0.4, -0.2) is 52.5 Å². The van der Waals surface area contributed by atoms with Gasteiger partial charge in [0.15, 0.2) is 5.82 Å². The average molecular weight is 527 g/mol. The summed E-state index contributed by atoms with van der Waals surface area (Å²) in [5, 5.41) is 19.5. The maximum absolute atomic E-state index is 13.8. The van der Waals surface area contributed by atoms with Gasteiger partial charge in [-0.25, -0.2) is 14.6 Å². The Kier molecular flexibility index (Phi) is 6.50. The highest BCUT2D eigenvalue weighted by Crippen LogP contribution is 2.35. The predicted molar refractivity (Wildman–Crippen MR) is 141 cm³/mol. The van der Waals surface area contributed by atoms with Crippen LogP contribution in [0, 0.1) is 6.92 Å². The van der Waals surface area contributed by atoms with E-state index < -0.39 is 0 Å². The Labute approximate surface area is 223 Å². The van der Waals surface area contributed by atoms with Crippen LogP contribution in [0.2, 0.25) is 0 Å². The Bertz CT molecular complexity index is 1550. The molecule has 11 heteroatoms. The molecule has 5 heterocycles. The van der Waals surface area contributed by atoms with Crippen molar-refractivity contribution in [2.45, 2.75) is 45.1 Å². The molecular formula is C27H26N8O2S. The van der Waals surface area contributed by atoms with Crippen LogP contribution in [0.4, 0.5) is 0 Å². The maximum Gasteiger partial charge on any atom is 0.266 e. The zero-order valence-electron chi connectivity index (χ0n) is 21.1. The number of likely N-dealkylation sites (tertiary alicyclic amines) is 1. The van der Waals surface area contributed by atoms with Crippen molar-refractivity contribution in [1.82, 2.24) is 40.1 Å². The number of aromatic nitrogens is 7. The summed E-state index contributed by atoms with van der Waals surface area (Å²) in [7, 11) is 0. The van der Waals surface area contributed by atoms with Gasteiger partial charge in [-0.05, 0) is 43.9 Å². The molecule has 1 aromatic carbocycles. The van der Waals surface area contributed by atoms with E-state index in [9.17, 15) is 4.79 Å². The van der Waals surface area contributed by atoms with E-state index in [1.54, 1.807) is 35.9 Å². The molecule has 10 nitrogen and oxygen atoms in total. The number of rotatable bonds is 7. The first kappa shape index (κ1) is 24.1. The molecule has 0 bridgehead atoms. The van der Waals surface area contributed by atoms with Gasteiger partial charge in [0.05, 0.1) is 18.4 Å². The molecule has 0 spiro atoms. The number of benzene rings is 1. The fourth-order valence-electron chi connectivity index (χ4n) is 4.75. The summed E-state index contributed by atoms with van der Waals surface area (Å²) >= 11 is 1.60.